The smallest absolute Gasteiger partial charge is 0.0655 e. The van der Waals surface area contributed by atoms with E-state index in [-0.39, 0.29) is 0 Å². The molecule has 1 aromatic rings. The van der Waals surface area contributed by atoms with E-state index in [9.17, 15) is 0 Å². The van der Waals surface area contributed by atoms with E-state index >= 15 is 0 Å². The van der Waals surface area contributed by atoms with Crippen molar-refractivity contribution in [2.24, 2.45) is 0 Å². The van der Waals surface area contributed by atoms with E-state index in [1.165, 1.54) is 47.1 Å². The highest BCUT2D eigenvalue weighted by atomic mass is 79.9. The Morgan fingerprint density at radius 2 is 1.82 bits per heavy atom. The average molecular weight is 360 g/mol. The number of halogens is 2. The molecule has 2 nitrogen and oxygen atoms in total. The van der Waals surface area contributed by atoms with E-state index in [0.717, 1.165) is 12.6 Å². The van der Waals surface area contributed by atoms with Gasteiger partial charge in [0.05, 0.1) is 5.69 Å². The van der Waals surface area contributed by atoms with Crippen molar-refractivity contribution in [1.29, 1.82) is 0 Å². The minimum atomic E-state index is 0.766. The minimum absolute atomic E-state index is 0.766. The van der Waals surface area contributed by atoms with Crippen molar-refractivity contribution in [3.05, 3.63) is 27.1 Å². The molecule has 0 radical (unpaired) electrons. The largest absolute Gasteiger partial charge is 0.367 e. The van der Waals surface area contributed by atoms with Crippen LogP contribution < -0.4 is 4.90 Å². The molecule has 0 bridgehead atoms. The van der Waals surface area contributed by atoms with E-state index in [1.807, 2.05) is 0 Å². The number of rotatable bonds is 1. The first kappa shape index (κ1) is 12.0. The molecule has 0 amide bonds. The van der Waals surface area contributed by atoms with Gasteiger partial charge in [-0.3, -0.25) is 4.90 Å². The molecule has 3 rings (SSSR count). The van der Waals surface area contributed by atoms with Gasteiger partial charge in [-0.25, -0.2) is 0 Å². The Bertz CT molecular complexity index is 402. The van der Waals surface area contributed by atoms with Crippen molar-refractivity contribution >= 4 is 37.5 Å². The van der Waals surface area contributed by atoms with Crippen molar-refractivity contribution in [1.82, 2.24) is 4.90 Å². The first-order valence-corrected chi connectivity index (χ1v) is 7.77. The quantitative estimate of drug-likeness (QED) is 0.757. The van der Waals surface area contributed by atoms with Gasteiger partial charge in [-0.1, -0.05) is 6.07 Å². The summed E-state index contributed by atoms with van der Waals surface area (Å²) in [4.78, 5) is 5.15. The van der Waals surface area contributed by atoms with Crippen LogP contribution in [-0.2, 0) is 0 Å². The molecule has 2 heterocycles. The summed E-state index contributed by atoms with van der Waals surface area (Å²) in [6.45, 7) is 4.81. The standard InChI is InChI=1S/C13H16Br2N2/c14-11-4-1-5-12(15)13(11)17-8-7-16-6-2-3-10(16)9-17/h1,4-5,10H,2-3,6-9H2. The van der Waals surface area contributed by atoms with Crippen molar-refractivity contribution in [2.45, 2.75) is 18.9 Å². The van der Waals surface area contributed by atoms with Gasteiger partial charge in [0.15, 0.2) is 0 Å². The molecule has 2 saturated heterocycles. The van der Waals surface area contributed by atoms with Crippen LogP contribution in [-0.4, -0.2) is 37.1 Å². The van der Waals surface area contributed by atoms with Crippen LogP contribution in [0.25, 0.3) is 0 Å². The maximum Gasteiger partial charge on any atom is 0.0655 e. The fraction of sp³-hybridized carbons (Fsp3) is 0.538. The first-order valence-electron chi connectivity index (χ1n) is 6.19. The highest BCUT2D eigenvalue weighted by molar-refractivity contribution is 9.11. The molecule has 0 spiro atoms. The SMILES string of the molecule is Brc1cccc(Br)c1N1CCN2CCCC2C1. The van der Waals surface area contributed by atoms with E-state index < -0.39 is 0 Å². The van der Waals surface area contributed by atoms with Crippen molar-refractivity contribution in [3.63, 3.8) is 0 Å². The third kappa shape index (κ3) is 2.27. The molecule has 1 unspecified atom stereocenters. The molecule has 0 aromatic heterocycles. The highest BCUT2D eigenvalue weighted by Crippen LogP contribution is 2.36. The van der Waals surface area contributed by atoms with E-state index in [2.05, 4.69) is 59.9 Å². The molecule has 0 aliphatic carbocycles. The van der Waals surface area contributed by atoms with Gasteiger partial charge in [-0.15, -0.1) is 0 Å². The van der Waals surface area contributed by atoms with Crippen LogP contribution in [0.2, 0.25) is 0 Å². The number of benzene rings is 1. The molecule has 4 heteroatoms. The summed E-state index contributed by atoms with van der Waals surface area (Å²) in [5.74, 6) is 0. The van der Waals surface area contributed by atoms with Crippen LogP contribution in [0.5, 0.6) is 0 Å². The Labute approximate surface area is 119 Å². The van der Waals surface area contributed by atoms with Gasteiger partial charge < -0.3 is 4.90 Å². The molecule has 17 heavy (non-hydrogen) atoms. The Morgan fingerprint density at radius 1 is 1.06 bits per heavy atom. The molecule has 1 atom stereocenters. The number of para-hydroxylation sites is 1. The fourth-order valence-electron chi connectivity index (χ4n) is 2.99. The minimum Gasteiger partial charge on any atom is -0.367 e. The summed E-state index contributed by atoms with van der Waals surface area (Å²) in [7, 11) is 0. The lowest BCUT2D eigenvalue weighted by Crippen LogP contribution is -2.50. The summed E-state index contributed by atoms with van der Waals surface area (Å²) >= 11 is 7.34. The molecule has 0 N–H and O–H groups in total. The second kappa shape index (κ2) is 4.90. The molecule has 2 aliphatic heterocycles. The lowest BCUT2D eigenvalue weighted by Gasteiger charge is -2.39. The van der Waals surface area contributed by atoms with Gasteiger partial charge in [0.1, 0.15) is 0 Å². The molecular formula is C13H16Br2N2. The monoisotopic (exact) mass is 358 g/mol. The third-order valence-electron chi connectivity index (χ3n) is 3.84. The lowest BCUT2D eigenvalue weighted by atomic mass is 10.1. The number of hydrogen-bond donors (Lipinski definition) is 0. The first-order chi connectivity index (χ1) is 8.25. The molecule has 2 fully saturated rings. The maximum absolute atomic E-state index is 3.67. The van der Waals surface area contributed by atoms with Gasteiger partial charge in [-0.2, -0.15) is 0 Å². The van der Waals surface area contributed by atoms with Gasteiger partial charge in [-0.05, 0) is 63.4 Å². The summed E-state index contributed by atoms with van der Waals surface area (Å²) in [5, 5.41) is 0. The third-order valence-corrected chi connectivity index (χ3v) is 5.12. The zero-order valence-corrected chi connectivity index (χ0v) is 12.9. The highest BCUT2D eigenvalue weighted by Gasteiger charge is 2.31. The number of nitrogens with zero attached hydrogens (tertiary/aromatic N) is 2. The van der Waals surface area contributed by atoms with Crippen molar-refractivity contribution in [2.75, 3.05) is 31.1 Å². The molecule has 0 saturated carbocycles. The number of anilines is 1. The Hall–Kier alpha value is -0.0600. The van der Waals surface area contributed by atoms with Crippen LogP contribution in [0.4, 0.5) is 5.69 Å². The Balaban J connectivity index is 1.85. The van der Waals surface area contributed by atoms with Gasteiger partial charge >= 0.3 is 0 Å². The van der Waals surface area contributed by atoms with E-state index in [4.69, 9.17) is 0 Å². The Kier molecular flexibility index (Phi) is 3.46. The zero-order valence-electron chi connectivity index (χ0n) is 9.70. The number of piperazine rings is 1. The topological polar surface area (TPSA) is 6.48 Å². The lowest BCUT2D eigenvalue weighted by molar-refractivity contribution is 0.231. The second-order valence-electron chi connectivity index (χ2n) is 4.85. The zero-order chi connectivity index (χ0) is 11.8. The maximum atomic E-state index is 3.67. The van der Waals surface area contributed by atoms with Crippen LogP contribution in [0, 0.1) is 0 Å². The average Bonchev–Trinajstić information content (AvgIpc) is 2.76. The van der Waals surface area contributed by atoms with E-state index in [1.54, 1.807) is 0 Å². The Morgan fingerprint density at radius 3 is 2.59 bits per heavy atom. The summed E-state index contributed by atoms with van der Waals surface area (Å²) in [6, 6.07) is 7.09. The predicted octanol–water partition coefficient (Wildman–Crippen LogP) is 3.50. The van der Waals surface area contributed by atoms with Gasteiger partial charge in [0, 0.05) is 34.6 Å². The summed E-state index contributed by atoms with van der Waals surface area (Å²) < 4.78 is 2.39. The molecule has 1 aromatic carbocycles. The van der Waals surface area contributed by atoms with E-state index in [0.29, 0.717) is 0 Å². The molecular weight excluding hydrogens is 344 g/mol. The van der Waals surface area contributed by atoms with Gasteiger partial charge in [0.25, 0.3) is 0 Å². The summed E-state index contributed by atoms with van der Waals surface area (Å²) in [6.07, 6.45) is 2.73. The molecule has 2 aliphatic rings. The predicted molar refractivity (Wildman–Crippen MR) is 78.7 cm³/mol. The second-order valence-corrected chi connectivity index (χ2v) is 6.56. The van der Waals surface area contributed by atoms with Crippen LogP contribution in [0.15, 0.2) is 27.1 Å². The van der Waals surface area contributed by atoms with Crippen LogP contribution in [0.3, 0.4) is 0 Å². The normalized spacial score (nSPS) is 25.1. The number of fused-ring (bicyclic) bond motifs is 1. The van der Waals surface area contributed by atoms with Crippen molar-refractivity contribution < 1.29 is 0 Å². The summed E-state index contributed by atoms with van der Waals surface area (Å²) in [5.41, 5.74) is 1.32. The van der Waals surface area contributed by atoms with Gasteiger partial charge in [0.2, 0.25) is 0 Å². The molecule has 92 valence electrons. The fourth-order valence-corrected chi connectivity index (χ4v) is 4.49. The van der Waals surface area contributed by atoms with Crippen molar-refractivity contribution in [3.8, 4) is 0 Å². The van der Waals surface area contributed by atoms with Crippen LogP contribution >= 0.6 is 31.9 Å². The van der Waals surface area contributed by atoms with Crippen LogP contribution in [0.1, 0.15) is 12.8 Å². The number of hydrogen-bond acceptors (Lipinski definition) is 2.